The second kappa shape index (κ2) is 5.99. The first-order valence-corrected chi connectivity index (χ1v) is 8.18. The van der Waals surface area contributed by atoms with E-state index >= 15 is 0 Å². The zero-order valence-corrected chi connectivity index (χ0v) is 12.4. The fourth-order valence-electron chi connectivity index (χ4n) is 2.40. The van der Waals surface area contributed by atoms with E-state index in [0.29, 0.717) is 12.6 Å². The fraction of sp³-hybridized carbons (Fsp3) is 0.538. The Morgan fingerprint density at radius 3 is 2.60 bits per heavy atom. The first-order valence-electron chi connectivity index (χ1n) is 6.70. The molecule has 1 aromatic rings. The van der Waals surface area contributed by atoms with Crippen LogP contribution >= 0.6 is 0 Å². The topological polar surface area (TPSA) is 95.7 Å². The number of hydrogen-bond donors (Lipinski definition) is 3. The van der Waals surface area contributed by atoms with Crippen LogP contribution in [0.1, 0.15) is 19.3 Å². The summed E-state index contributed by atoms with van der Waals surface area (Å²) in [6, 6.07) is 5.33. The molecule has 6 nitrogen and oxygen atoms in total. The number of sulfonamides is 1. The maximum atomic E-state index is 11.8. The zero-order valence-electron chi connectivity index (χ0n) is 11.5. The third kappa shape index (κ3) is 2.89. The molecule has 0 bridgehead atoms. The second-order valence-corrected chi connectivity index (χ2v) is 6.79. The number of nitrogens with zero attached hydrogens (tertiary/aromatic N) is 1. The van der Waals surface area contributed by atoms with Gasteiger partial charge in [0.2, 0.25) is 10.0 Å². The second-order valence-electron chi connectivity index (χ2n) is 4.93. The van der Waals surface area contributed by atoms with Crippen LogP contribution < -0.4 is 15.4 Å². The first kappa shape index (κ1) is 15.1. The summed E-state index contributed by atoms with van der Waals surface area (Å²) >= 11 is 0. The van der Waals surface area contributed by atoms with Crippen molar-refractivity contribution in [1.29, 1.82) is 0 Å². The molecule has 1 aliphatic carbocycles. The van der Waals surface area contributed by atoms with Crippen molar-refractivity contribution >= 4 is 21.4 Å². The number of anilines is 2. The van der Waals surface area contributed by atoms with Gasteiger partial charge in [0, 0.05) is 18.3 Å². The Labute approximate surface area is 119 Å². The molecule has 0 spiro atoms. The molecule has 112 valence electrons. The van der Waals surface area contributed by atoms with Crippen molar-refractivity contribution in [1.82, 2.24) is 4.72 Å². The molecule has 2 rings (SSSR count). The molecule has 1 saturated carbocycles. The number of rotatable bonds is 6. The van der Waals surface area contributed by atoms with E-state index in [-0.39, 0.29) is 17.2 Å². The van der Waals surface area contributed by atoms with E-state index in [1.807, 2.05) is 0 Å². The number of nitrogens with one attached hydrogen (secondary N) is 1. The van der Waals surface area contributed by atoms with Gasteiger partial charge in [0.25, 0.3) is 0 Å². The van der Waals surface area contributed by atoms with E-state index in [2.05, 4.69) is 9.62 Å². The Morgan fingerprint density at radius 2 is 2.15 bits per heavy atom. The summed E-state index contributed by atoms with van der Waals surface area (Å²) in [4.78, 5) is 2.18. The van der Waals surface area contributed by atoms with E-state index < -0.39 is 10.0 Å². The average molecular weight is 299 g/mol. The van der Waals surface area contributed by atoms with Gasteiger partial charge in [-0.1, -0.05) is 0 Å². The molecule has 0 heterocycles. The van der Waals surface area contributed by atoms with Crippen molar-refractivity contribution in [3.63, 3.8) is 0 Å². The molecule has 0 unspecified atom stereocenters. The molecule has 0 aromatic heterocycles. The lowest BCUT2D eigenvalue weighted by Crippen LogP contribution is -2.42. The minimum Gasteiger partial charge on any atom is -0.398 e. The van der Waals surface area contributed by atoms with Crippen LogP contribution in [0, 0.1) is 0 Å². The molecule has 0 aliphatic heterocycles. The smallest absolute Gasteiger partial charge is 0.242 e. The van der Waals surface area contributed by atoms with Gasteiger partial charge in [-0.2, -0.15) is 0 Å². The summed E-state index contributed by atoms with van der Waals surface area (Å²) in [5.41, 5.74) is 6.95. The predicted octanol–water partition coefficient (Wildman–Crippen LogP) is 0.528. The molecule has 0 atom stereocenters. The highest BCUT2D eigenvalue weighted by Gasteiger charge is 2.26. The van der Waals surface area contributed by atoms with Crippen LogP contribution in [-0.4, -0.2) is 39.8 Å². The van der Waals surface area contributed by atoms with E-state index in [0.717, 1.165) is 18.5 Å². The Balaban J connectivity index is 2.31. The summed E-state index contributed by atoms with van der Waals surface area (Å²) in [7, 11) is -2.18. The van der Waals surface area contributed by atoms with E-state index in [1.54, 1.807) is 12.1 Å². The highest BCUT2D eigenvalue weighted by atomic mass is 32.2. The number of aliphatic hydroxyl groups is 1. The van der Waals surface area contributed by atoms with E-state index in [1.165, 1.54) is 19.5 Å². The van der Waals surface area contributed by atoms with Gasteiger partial charge in [-0.15, -0.1) is 0 Å². The van der Waals surface area contributed by atoms with Gasteiger partial charge in [-0.3, -0.25) is 0 Å². The molecule has 4 N–H and O–H groups in total. The van der Waals surface area contributed by atoms with Gasteiger partial charge in [0.15, 0.2) is 0 Å². The van der Waals surface area contributed by atoms with Crippen LogP contribution in [0.4, 0.5) is 11.4 Å². The number of nitrogen functional groups attached to an aromatic ring is 1. The SMILES string of the molecule is CNS(=O)(=O)c1ccc(N(CCO)C2CCC2)cc1N. The summed E-state index contributed by atoms with van der Waals surface area (Å²) in [5, 5.41) is 9.18. The Kier molecular flexibility index (Phi) is 4.52. The maximum absolute atomic E-state index is 11.8. The lowest BCUT2D eigenvalue weighted by Gasteiger charge is -2.39. The molecular formula is C13H21N3O3S. The first-order chi connectivity index (χ1) is 9.49. The largest absolute Gasteiger partial charge is 0.398 e. The quantitative estimate of drug-likeness (QED) is 0.666. The molecule has 20 heavy (non-hydrogen) atoms. The minimum absolute atomic E-state index is 0.0625. The van der Waals surface area contributed by atoms with Gasteiger partial charge in [0.05, 0.1) is 12.3 Å². The Morgan fingerprint density at radius 1 is 1.45 bits per heavy atom. The average Bonchev–Trinajstić information content (AvgIpc) is 2.35. The van der Waals surface area contributed by atoms with Crippen molar-refractivity contribution in [2.24, 2.45) is 0 Å². The van der Waals surface area contributed by atoms with Gasteiger partial charge in [0.1, 0.15) is 4.90 Å². The van der Waals surface area contributed by atoms with Gasteiger partial charge < -0.3 is 15.7 Å². The number of nitrogens with two attached hydrogens (primary N) is 1. The molecule has 0 radical (unpaired) electrons. The maximum Gasteiger partial charge on any atom is 0.242 e. The third-order valence-corrected chi connectivity index (χ3v) is 5.23. The van der Waals surface area contributed by atoms with Crippen LogP contribution in [-0.2, 0) is 10.0 Å². The van der Waals surface area contributed by atoms with Crippen molar-refractivity contribution in [3.05, 3.63) is 18.2 Å². The molecule has 0 saturated heterocycles. The standard InChI is InChI=1S/C13H21N3O3S/c1-15-20(18,19)13-6-5-11(9-12(13)14)16(7-8-17)10-3-2-4-10/h5-6,9-10,15,17H,2-4,7-8,14H2,1H3. The van der Waals surface area contributed by atoms with Crippen LogP contribution in [0.15, 0.2) is 23.1 Å². The lowest BCUT2D eigenvalue weighted by molar-refractivity contribution is 0.283. The summed E-state index contributed by atoms with van der Waals surface area (Å²) < 4.78 is 25.8. The van der Waals surface area contributed by atoms with Crippen LogP contribution in [0.2, 0.25) is 0 Å². The van der Waals surface area contributed by atoms with Crippen molar-refractivity contribution in [3.8, 4) is 0 Å². The van der Waals surface area contributed by atoms with Crippen molar-refractivity contribution < 1.29 is 13.5 Å². The van der Waals surface area contributed by atoms with Crippen LogP contribution in [0.5, 0.6) is 0 Å². The summed E-state index contributed by atoms with van der Waals surface area (Å²) in [6.45, 7) is 0.592. The Hall–Kier alpha value is -1.31. The lowest BCUT2D eigenvalue weighted by atomic mass is 9.91. The van der Waals surface area contributed by atoms with Gasteiger partial charge in [-0.25, -0.2) is 13.1 Å². The molecule has 1 aliphatic rings. The van der Waals surface area contributed by atoms with Gasteiger partial charge in [-0.05, 0) is 44.5 Å². The number of aliphatic hydroxyl groups excluding tert-OH is 1. The molecule has 1 aromatic carbocycles. The monoisotopic (exact) mass is 299 g/mol. The van der Waals surface area contributed by atoms with Crippen LogP contribution in [0.25, 0.3) is 0 Å². The Bertz CT molecular complexity index is 570. The highest BCUT2D eigenvalue weighted by Crippen LogP contribution is 2.32. The number of benzene rings is 1. The van der Waals surface area contributed by atoms with Crippen molar-refractivity contribution in [2.75, 3.05) is 30.8 Å². The molecule has 1 fully saturated rings. The summed E-state index contributed by atoms with van der Waals surface area (Å²) in [5.74, 6) is 0. The van der Waals surface area contributed by atoms with E-state index in [4.69, 9.17) is 5.73 Å². The van der Waals surface area contributed by atoms with Crippen molar-refractivity contribution in [2.45, 2.75) is 30.2 Å². The molecule has 7 heteroatoms. The minimum atomic E-state index is -3.54. The normalized spacial score (nSPS) is 15.9. The molecular weight excluding hydrogens is 278 g/mol. The third-order valence-electron chi connectivity index (χ3n) is 3.74. The van der Waals surface area contributed by atoms with E-state index in [9.17, 15) is 13.5 Å². The highest BCUT2D eigenvalue weighted by molar-refractivity contribution is 7.89. The predicted molar refractivity (Wildman–Crippen MR) is 79.2 cm³/mol. The number of hydrogen-bond acceptors (Lipinski definition) is 5. The zero-order chi connectivity index (χ0) is 14.8. The van der Waals surface area contributed by atoms with Crippen LogP contribution in [0.3, 0.4) is 0 Å². The summed E-state index contributed by atoms with van der Waals surface area (Å²) in [6.07, 6.45) is 3.38. The fourth-order valence-corrected chi connectivity index (χ4v) is 3.23. The van der Waals surface area contributed by atoms with Gasteiger partial charge >= 0.3 is 0 Å². The molecule has 0 amide bonds.